The molecule has 3 rings (SSSR count). The predicted molar refractivity (Wildman–Crippen MR) is 129 cm³/mol. The Morgan fingerprint density at radius 3 is 2.24 bits per heavy atom. The molecule has 0 spiro atoms. The zero-order chi connectivity index (χ0) is 24.1. The highest BCUT2D eigenvalue weighted by molar-refractivity contribution is 6.46. The average molecular weight is 492 g/mol. The van der Waals surface area contributed by atoms with Crippen LogP contribution in [0.15, 0.2) is 42.0 Å². The minimum atomic E-state index is -0.747. The maximum Gasteiger partial charge on any atom is 0.295 e. The summed E-state index contributed by atoms with van der Waals surface area (Å²) in [6.07, 6.45) is 2.45. The van der Waals surface area contributed by atoms with Gasteiger partial charge in [-0.25, -0.2) is 0 Å². The molecule has 1 atom stereocenters. The standard InChI is InChI=1S/C25H27Cl2NO5/c1-4-6-11-28-21(15-7-9-17(10-8-15)33-12-5-2)20(23(30)25(28)31)22(29)16-13-18(26)24(32-3)19(27)14-16/h7-10,13-14,21,29H,4-6,11-12H2,1-3H3/b22-20+. The first-order valence-electron chi connectivity index (χ1n) is 10.9. The van der Waals surface area contributed by atoms with Crippen LogP contribution in [0, 0.1) is 0 Å². The minimum Gasteiger partial charge on any atom is -0.507 e. The smallest absolute Gasteiger partial charge is 0.295 e. The van der Waals surface area contributed by atoms with E-state index in [0.717, 1.165) is 19.3 Å². The number of aliphatic hydroxyl groups is 1. The van der Waals surface area contributed by atoms with E-state index in [1.807, 2.05) is 26.0 Å². The van der Waals surface area contributed by atoms with E-state index in [1.54, 1.807) is 12.1 Å². The Morgan fingerprint density at radius 2 is 1.70 bits per heavy atom. The molecule has 1 aliphatic heterocycles. The average Bonchev–Trinajstić information content (AvgIpc) is 3.05. The number of halogens is 2. The number of likely N-dealkylation sites (tertiary alicyclic amines) is 1. The topological polar surface area (TPSA) is 76.1 Å². The normalized spacial score (nSPS) is 17.5. The van der Waals surface area contributed by atoms with Crippen molar-refractivity contribution in [3.05, 3.63) is 63.1 Å². The number of Topliss-reactive ketones (excluding diaryl/α,β-unsaturated/α-hetero) is 1. The molecule has 1 N–H and O–H groups in total. The zero-order valence-corrected chi connectivity index (χ0v) is 20.4. The Kier molecular flexibility index (Phi) is 8.27. The van der Waals surface area contributed by atoms with Gasteiger partial charge in [-0.3, -0.25) is 9.59 Å². The largest absolute Gasteiger partial charge is 0.507 e. The first-order chi connectivity index (χ1) is 15.8. The Hall–Kier alpha value is -2.70. The van der Waals surface area contributed by atoms with Gasteiger partial charge in [0.25, 0.3) is 11.7 Å². The van der Waals surface area contributed by atoms with E-state index in [4.69, 9.17) is 32.7 Å². The molecule has 6 nitrogen and oxygen atoms in total. The number of hydrogen-bond acceptors (Lipinski definition) is 5. The lowest BCUT2D eigenvalue weighted by Crippen LogP contribution is -2.30. The second kappa shape index (κ2) is 10.9. The molecule has 1 unspecified atom stereocenters. The summed E-state index contributed by atoms with van der Waals surface area (Å²) in [5.41, 5.74) is 0.921. The van der Waals surface area contributed by atoms with E-state index in [9.17, 15) is 14.7 Å². The Labute approximate surface area is 203 Å². The molecular weight excluding hydrogens is 465 g/mol. The van der Waals surface area contributed by atoms with E-state index in [1.165, 1.54) is 24.1 Å². The van der Waals surface area contributed by atoms with Gasteiger partial charge >= 0.3 is 0 Å². The summed E-state index contributed by atoms with van der Waals surface area (Å²) in [6, 6.07) is 9.39. The molecule has 1 saturated heterocycles. The summed E-state index contributed by atoms with van der Waals surface area (Å²) in [6.45, 7) is 5.01. The summed E-state index contributed by atoms with van der Waals surface area (Å²) < 4.78 is 10.8. The van der Waals surface area contributed by atoms with Gasteiger partial charge in [0.1, 0.15) is 11.5 Å². The number of unbranched alkanes of at least 4 members (excludes halogenated alkanes) is 1. The molecule has 2 aromatic rings. The van der Waals surface area contributed by atoms with Crippen molar-refractivity contribution < 1.29 is 24.2 Å². The van der Waals surface area contributed by atoms with Crippen molar-refractivity contribution in [3.8, 4) is 11.5 Å². The summed E-state index contributed by atoms with van der Waals surface area (Å²) >= 11 is 12.5. The van der Waals surface area contributed by atoms with Crippen LogP contribution in [0.5, 0.6) is 11.5 Å². The molecule has 0 saturated carbocycles. The molecule has 1 aliphatic rings. The van der Waals surface area contributed by atoms with Crippen LogP contribution in [0.1, 0.15) is 50.3 Å². The summed E-state index contributed by atoms with van der Waals surface area (Å²) in [5.74, 6) is -0.776. The van der Waals surface area contributed by atoms with Gasteiger partial charge in [0.15, 0.2) is 5.75 Å². The lowest BCUT2D eigenvalue weighted by atomic mass is 9.95. The van der Waals surface area contributed by atoms with Gasteiger partial charge in [0.2, 0.25) is 0 Å². The fraction of sp³-hybridized carbons (Fsp3) is 0.360. The lowest BCUT2D eigenvalue weighted by Gasteiger charge is -2.25. The fourth-order valence-corrected chi connectivity index (χ4v) is 4.44. The van der Waals surface area contributed by atoms with Gasteiger partial charge < -0.3 is 19.5 Å². The molecule has 0 bridgehead atoms. The van der Waals surface area contributed by atoms with Gasteiger partial charge in [-0.15, -0.1) is 0 Å². The van der Waals surface area contributed by atoms with Crippen LogP contribution in [0.4, 0.5) is 0 Å². The van der Waals surface area contributed by atoms with Crippen LogP contribution in [-0.2, 0) is 9.59 Å². The Balaban J connectivity index is 2.12. The van der Waals surface area contributed by atoms with Crippen LogP contribution in [-0.4, -0.2) is 42.0 Å². The third-order valence-electron chi connectivity index (χ3n) is 5.44. The first-order valence-corrected chi connectivity index (χ1v) is 11.6. The molecule has 33 heavy (non-hydrogen) atoms. The van der Waals surface area contributed by atoms with Crippen LogP contribution >= 0.6 is 23.2 Å². The van der Waals surface area contributed by atoms with Crippen molar-refractivity contribution in [3.63, 3.8) is 0 Å². The summed E-state index contributed by atoms with van der Waals surface area (Å²) in [4.78, 5) is 27.5. The molecule has 8 heteroatoms. The SMILES string of the molecule is CCCCN1C(=O)C(=O)/C(=C(/O)c2cc(Cl)c(OC)c(Cl)c2)C1c1ccc(OCCC)cc1. The highest BCUT2D eigenvalue weighted by Crippen LogP contribution is 2.42. The van der Waals surface area contributed by atoms with Gasteiger partial charge in [0, 0.05) is 12.1 Å². The maximum atomic E-state index is 13.1. The molecule has 1 fully saturated rings. The van der Waals surface area contributed by atoms with E-state index >= 15 is 0 Å². The van der Waals surface area contributed by atoms with E-state index in [-0.39, 0.29) is 32.7 Å². The monoisotopic (exact) mass is 491 g/mol. The number of benzene rings is 2. The number of carbonyl (C=O) groups excluding carboxylic acids is 2. The Morgan fingerprint density at radius 1 is 1.06 bits per heavy atom. The van der Waals surface area contributed by atoms with Crippen molar-refractivity contribution in [1.29, 1.82) is 0 Å². The van der Waals surface area contributed by atoms with E-state index in [0.29, 0.717) is 24.5 Å². The number of hydrogen-bond donors (Lipinski definition) is 1. The van der Waals surface area contributed by atoms with Gasteiger partial charge in [-0.2, -0.15) is 0 Å². The summed E-state index contributed by atoms with van der Waals surface area (Å²) in [7, 11) is 1.43. The van der Waals surface area contributed by atoms with Crippen molar-refractivity contribution in [2.45, 2.75) is 39.2 Å². The minimum absolute atomic E-state index is 0.00405. The number of rotatable bonds is 9. The van der Waals surface area contributed by atoms with Crippen molar-refractivity contribution in [1.82, 2.24) is 4.90 Å². The third kappa shape index (κ3) is 5.12. The van der Waals surface area contributed by atoms with Crippen molar-refractivity contribution >= 4 is 40.7 Å². The number of aliphatic hydroxyl groups excluding tert-OH is 1. The van der Waals surface area contributed by atoms with Crippen LogP contribution in [0.2, 0.25) is 10.0 Å². The molecule has 0 aliphatic carbocycles. The van der Waals surface area contributed by atoms with Crippen LogP contribution < -0.4 is 9.47 Å². The van der Waals surface area contributed by atoms with Crippen molar-refractivity contribution in [2.24, 2.45) is 0 Å². The number of carbonyl (C=O) groups is 2. The molecule has 2 aromatic carbocycles. The quantitative estimate of drug-likeness (QED) is 0.264. The van der Waals surface area contributed by atoms with Crippen molar-refractivity contribution in [2.75, 3.05) is 20.3 Å². The molecule has 0 radical (unpaired) electrons. The molecule has 0 aromatic heterocycles. The predicted octanol–water partition coefficient (Wildman–Crippen LogP) is 6.01. The first kappa shape index (κ1) is 24.9. The fourth-order valence-electron chi connectivity index (χ4n) is 3.80. The third-order valence-corrected chi connectivity index (χ3v) is 6.00. The number of ketones is 1. The van der Waals surface area contributed by atoms with E-state index < -0.39 is 17.7 Å². The summed E-state index contributed by atoms with van der Waals surface area (Å²) in [5, 5.41) is 11.5. The number of amides is 1. The highest BCUT2D eigenvalue weighted by atomic mass is 35.5. The second-order valence-electron chi connectivity index (χ2n) is 7.74. The van der Waals surface area contributed by atoms with Crippen LogP contribution in [0.25, 0.3) is 5.76 Å². The number of ether oxygens (including phenoxy) is 2. The highest BCUT2D eigenvalue weighted by Gasteiger charge is 2.45. The lowest BCUT2D eigenvalue weighted by molar-refractivity contribution is -0.139. The van der Waals surface area contributed by atoms with E-state index in [2.05, 4.69) is 0 Å². The number of methoxy groups -OCH3 is 1. The zero-order valence-electron chi connectivity index (χ0n) is 18.9. The van der Waals surface area contributed by atoms with Gasteiger partial charge in [0.05, 0.1) is 35.4 Å². The molecule has 1 heterocycles. The Bertz CT molecular complexity index is 1040. The van der Waals surface area contributed by atoms with Gasteiger partial charge in [-0.05, 0) is 42.7 Å². The van der Waals surface area contributed by atoms with Crippen LogP contribution in [0.3, 0.4) is 0 Å². The molecule has 176 valence electrons. The maximum absolute atomic E-state index is 13.1. The molecule has 1 amide bonds. The number of nitrogens with zero attached hydrogens (tertiary/aromatic N) is 1. The van der Waals surface area contributed by atoms with Gasteiger partial charge in [-0.1, -0.05) is 55.6 Å². The second-order valence-corrected chi connectivity index (χ2v) is 8.55. The molecular formula is C25H27Cl2NO5.